The van der Waals surface area contributed by atoms with Gasteiger partial charge in [0.15, 0.2) is 10.0 Å². The fourth-order valence-electron chi connectivity index (χ4n) is 2.23. The smallest absolute Gasteiger partial charge is 0.352 e. The van der Waals surface area contributed by atoms with Gasteiger partial charge >= 0.3 is 5.97 Å². The van der Waals surface area contributed by atoms with Gasteiger partial charge in [-0.2, -0.15) is 0 Å². The van der Waals surface area contributed by atoms with Crippen LogP contribution in [0.3, 0.4) is 0 Å². The van der Waals surface area contributed by atoms with E-state index in [9.17, 15) is 9.18 Å². The first-order chi connectivity index (χ1) is 13.1. The van der Waals surface area contributed by atoms with Crippen molar-refractivity contribution in [2.45, 2.75) is 12.1 Å². The lowest BCUT2D eigenvalue weighted by Gasteiger charge is -2.08. The molecule has 1 aromatic carbocycles. The van der Waals surface area contributed by atoms with Crippen LogP contribution in [-0.2, 0) is 4.74 Å². The largest absolute Gasteiger partial charge is 0.460 e. The number of ether oxygens (including phenoxy) is 1. The zero-order valence-electron chi connectivity index (χ0n) is 14.6. The van der Waals surface area contributed by atoms with E-state index in [2.05, 4.69) is 24.9 Å². The molecule has 0 aliphatic heterocycles. The summed E-state index contributed by atoms with van der Waals surface area (Å²) in [5.74, 6) is -0.203. The maximum absolute atomic E-state index is 13.1. The molecule has 7 nitrogen and oxygen atoms in total. The molecule has 3 rings (SSSR count). The standard InChI is InChI=1S/C17H16FN5O2S2/c1-10-9-13(21-17(20-10)26-2)19-7-8-25-16(24)15-14(22-23-27-15)11-3-5-12(18)6-4-11/h3-6,9H,7-8H2,1-2H3,(H,19,20,21). The minimum atomic E-state index is -0.519. The Morgan fingerprint density at radius 2 is 2.07 bits per heavy atom. The lowest BCUT2D eigenvalue weighted by molar-refractivity contribution is 0.0527. The molecule has 2 heterocycles. The van der Waals surface area contributed by atoms with E-state index < -0.39 is 5.97 Å². The summed E-state index contributed by atoms with van der Waals surface area (Å²) in [6, 6.07) is 7.53. The molecule has 0 saturated carbocycles. The van der Waals surface area contributed by atoms with E-state index in [1.165, 1.54) is 23.9 Å². The van der Waals surface area contributed by atoms with Gasteiger partial charge in [-0.3, -0.25) is 0 Å². The number of nitrogens with zero attached hydrogens (tertiary/aromatic N) is 4. The Morgan fingerprint density at radius 3 is 2.81 bits per heavy atom. The van der Waals surface area contributed by atoms with Crippen molar-refractivity contribution in [3.63, 3.8) is 0 Å². The number of aromatic nitrogens is 4. The van der Waals surface area contributed by atoms with Gasteiger partial charge in [-0.1, -0.05) is 16.3 Å². The highest BCUT2D eigenvalue weighted by Gasteiger charge is 2.19. The van der Waals surface area contributed by atoms with Crippen molar-refractivity contribution in [1.82, 2.24) is 19.6 Å². The molecule has 27 heavy (non-hydrogen) atoms. The molecule has 10 heteroatoms. The van der Waals surface area contributed by atoms with E-state index in [0.717, 1.165) is 17.2 Å². The highest BCUT2D eigenvalue weighted by atomic mass is 32.2. The predicted molar refractivity (Wildman–Crippen MR) is 103 cm³/mol. The summed E-state index contributed by atoms with van der Waals surface area (Å²) in [5, 5.41) is 7.73. The Kier molecular flexibility index (Phi) is 6.30. The topological polar surface area (TPSA) is 89.9 Å². The summed E-state index contributed by atoms with van der Waals surface area (Å²) < 4.78 is 22.2. The Hall–Kier alpha value is -2.59. The maximum Gasteiger partial charge on any atom is 0.352 e. The molecule has 0 fully saturated rings. The second-order valence-electron chi connectivity index (χ2n) is 5.40. The van der Waals surface area contributed by atoms with E-state index in [4.69, 9.17) is 4.74 Å². The lowest BCUT2D eigenvalue weighted by Crippen LogP contribution is -2.14. The van der Waals surface area contributed by atoms with Crippen LogP contribution < -0.4 is 5.32 Å². The number of thioether (sulfide) groups is 1. The van der Waals surface area contributed by atoms with Crippen molar-refractivity contribution in [3.8, 4) is 11.3 Å². The number of benzene rings is 1. The van der Waals surface area contributed by atoms with Gasteiger partial charge in [0, 0.05) is 17.3 Å². The molecule has 0 unspecified atom stereocenters. The van der Waals surface area contributed by atoms with Gasteiger partial charge in [-0.15, -0.1) is 5.10 Å². The van der Waals surface area contributed by atoms with Gasteiger partial charge in [0.1, 0.15) is 23.9 Å². The first-order valence-corrected chi connectivity index (χ1v) is 9.95. The average molecular weight is 405 g/mol. The minimum absolute atomic E-state index is 0.150. The zero-order valence-corrected chi connectivity index (χ0v) is 16.2. The van der Waals surface area contributed by atoms with Crippen molar-refractivity contribution < 1.29 is 13.9 Å². The molecule has 140 valence electrons. The molecule has 0 bridgehead atoms. The Morgan fingerprint density at radius 1 is 1.30 bits per heavy atom. The number of nitrogens with one attached hydrogen (secondary N) is 1. The normalized spacial score (nSPS) is 10.6. The molecule has 0 aliphatic carbocycles. The zero-order chi connectivity index (χ0) is 19.2. The Labute approximate surface area is 163 Å². The summed E-state index contributed by atoms with van der Waals surface area (Å²) in [6.07, 6.45) is 1.90. The highest BCUT2D eigenvalue weighted by molar-refractivity contribution is 7.98. The number of hydrogen-bond acceptors (Lipinski definition) is 9. The number of halogens is 1. The fraction of sp³-hybridized carbons (Fsp3) is 0.235. The van der Waals surface area contributed by atoms with Crippen LogP contribution in [0.5, 0.6) is 0 Å². The Bertz CT molecular complexity index is 933. The lowest BCUT2D eigenvalue weighted by atomic mass is 10.1. The summed E-state index contributed by atoms with van der Waals surface area (Å²) in [5.41, 5.74) is 1.85. The third-order valence-electron chi connectivity index (χ3n) is 3.45. The summed E-state index contributed by atoms with van der Waals surface area (Å²) in [4.78, 5) is 21.2. The molecule has 0 aliphatic rings. The van der Waals surface area contributed by atoms with Crippen LogP contribution in [-0.4, -0.2) is 44.9 Å². The highest BCUT2D eigenvalue weighted by Crippen LogP contribution is 2.24. The molecule has 0 spiro atoms. The van der Waals surface area contributed by atoms with Gasteiger partial charge in [-0.05, 0) is 49.0 Å². The number of hydrogen-bond donors (Lipinski definition) is 1. The molecule has 3 aromatic rings. The average Bonchev–Trinajstić information content (AvgIpc) is 3.15. The minimum Gasteiger partial charge on any atom is -0.460 e. The van der Waals surface area contributed by atoms with Gasteiger partial charge in [-0.25, -0.2) is 19.2 Å². The molecule has 0 saturated heterocycles. The molecule has 0 radical (unpaired) electrons. The van der Waals surface area contributed by atoms with Gasteiger partial charge in [0.25, 0.3) is 0 Å². The van der Waals surface area contributed by atoms with Crippen LogP contribution in [0.15, 0.2) is 35.5 Å². The second-order valence-corrected chi connectivity index (χ2v) is 6.93. The monoisotopic (exact) mass is 405 g/mol. The molecule has 0 atom stereocenters. The van der Waals surface area contributed by atoms with E-state index in [0.29, 0.717) is 28.8 Å². The number of anilines is 1. The van der Waals surface area contributed by atoms with Crippen LogP contribution in [0.2, 0.25) is 0 Å². The molecular weight excluding hydrogens is 389 g/mol. The van der Waals surface area contributed by atoms with Gasteiger partial charge < -0.3 is 10.1 Å². The Balaban J connectivity index is 1.57. The van der Waals surface area contributed by atoms with Crippen molar-refractivity contribution in [2.75, 3.05) is 24.7 Å². The van der Waals surface area contributed by atoms with Crippen LogP contribution in [0.25, 0.3) is 11.3 Å². The first kappa shape index (κ1) is 19.2. The molecule has 2 aromatic heterocycles. The number of carbonyl (C=O) groups is 1. The summed E-state index contributed by atoms with van der Waals surface area (Å²) in [6.45, 7) is 2.44. The van der Waals surface area contributed by atoms with Crippen LogP contribution in [0.4, 0.5) is 10.2 Å². The van der Waals surface area contributed by atoms with Crippen molar-refractivity contribution in [2.24, 2.45) is 0 Å². The van der Waals surface area contributed by atoms with Crippen LogP contribution in [0.1, 0.15) is 15.4 Å². The molecular formula is C17H16FN5O2S2. The van der Waals surface area contributed by atoms with E-state index in [1.54, 1.807) is 12.1 Å². The van der Waals surface area contributed by atoms with E-state index in [-0.39, 0.29) is 17.3 Å². The number of aryl methyl sites for hydroxylation is 1. The predicted octanol–water partition coefficient (Wildman–Crippen LogP) is 3.43. The number of esters is 1. The second kappa shape index (κ2) is 8.87. The van der Waals surface area contributed by atoms with Crippen LogP contribution in [0, 0.1) is 12.7 Å². The molecule has 0 amide bonds. The molecule has 1 N–H and O–H groups in total. The van der Waals surface area contributed by atoms with Gasteiger partial charge in [0.2, 0.25) is 0 Å². The van der Waals surface area contributed by atoms with E-state index >= 15 is 0 Å². The summed E-state index contributed by atoms with van der Waals surface area (Å²) in [7, 11) is 0. The summed E-state index contributed by atoms with van der Waals surface area (Å²) >= 11 is 2.40. The quantitative estimate of drug-likeness (QED) is 0.277. The number of rotatable bonds is 7. The van der Waals surface area contributed by atoms with Crippen LogP contribution >= 0.6 is 23.3 Å². The third-order valence-corrected chi connectivity index (χ3v) is 4.70. The SMILES string of the molecule is CSc1nc(C)cc(NCCOC(=O)c2snnc2-c2ccc(F)cc2)n1. The number of carbonyl (C=O) groups excluding carboxylic acids is 1. The van der Waals surface area contributed by atoms with Gasteiger partial charge in [0.05, 0.1) is 6.54 Å². The first-order valence-electron chi connectivity index (χ1n) is 7.96. The fourth-order valence-corrected chi connectivity index (χ4v) is 3.24. The van der Waals surface area contributed by atoms with Crippen molar-refractivity contribution in [1.29, 1.82) is 0 Å². The van der Waals surface area contributed by atoms with E-state index in [1.807, 2.05) is 19.2 Å². The van der Waals surface area contributed by atoms with Crippen molar-refractivity contribution in [3.05, 3.63) is 46.7 Å². The van der Waals surface area contributed by atoms with Crippen molar-refractivity contribution >= 4 is 35.1 Å². The maximum atomic E-state index is 13.1. The third kappa shape index (κ3) is 4.98.